The molecule has 0 saturated heterocycles. The van der Waals surface area contributed by atoms with Crippen LogP contribution in [0.5, 0.6) is 5.75 Å². The minimum atomic E-state index is -0.143. The van der Waals surface area contributed by atoms with E-state index in [0.29, 0.717) is 12.3 Å². The molecule has 0 spiro atoms. The van der Waals surface area contributed by atoms with Crippen molar-refractivity contribution in [2.75, 3.05) is 0 Å². The van der Waals surface area contributed by atoms with Crippen LogP contribution in [-0.4, -0.2) is 21.7 Å². The number of carbonyl (C=O) groups is 1. The summed E-state index contributed by atoms with van der Waals surface area (Å²) in [6.45, 7) is 2.39. The average Bonchev–Trinajstić information content (AvgIpc) is 3.04. The monoisotopic (exact) mass is 361 g/mol. The van der Waals surface area contributed by atoms with Crippen LogP contribution in [0.4, 0.5) is 0 Å². The molecule has 1 aliphatic heterocycles. The van der Waals surface area contributed by atoms with Crippen LogP contribution in [0, 0.1) is 0 Å². The summed E-state index contributed by atoms with van der Waals surface area (Å²) in [5, 5.41) is 7.57. The molecule has 0 aliphatic carbocycles. The maximum Gasteiger partial charge on any atom is 0.272 e. The van der Waals surface area contributed by atoms with Gasteiger partial charge in [0.25, 0.3) is 5.91 Å². The van der Waals surface area contributed by atoms with E-state index in [-0.39, 0.29) is 11.9 Å². The van der Waals surface area contributed by atoms with Crippen LogP contribution in [0.15, 0.2) is 54.6 Å². The second-order valence-electron chi connectivity index (χ2n) is 6.98. The minimum Gasteiger partial charge on any atom is -0.488 e. The first-order valence-electron chi connectivity index (χ1n) is 9.26. The maximum absolute atomic E-state index is 12.8. The van der Waals surface area contributed by atoms with Crippen LogP contribution < -0.4 is 10.1 Å². The van der Waals surface area contributed by atoms with Gasteiger partial charge < -0.3 is 10.1 Å². The zero-order valence-electron chi connectivity index (χ0n) is 15.6. The molecular formula is C22H23N3O2. The van der Waals surface area contributed by atoms with Crippen molar-refractivity contribution in [2.24, 2.45) is 7.05 Å². The number of ether oxygens (including phenoxy) is 1. The van der Waals surface area contributed by atoms with Crippen LogP contribution in [0.1, 0.15) is 35.0 Å². The van der Waals surface area contributed by atoms with Crippen molar-refractivity contribution in [2.45, 2.75) is 32.4 Å². The molecule has 3 aromatic rings. The number of nitrogens with one attached hydrogen (secondary N) is 1. The molecule has 0 radical (unpaired) electrons. The Morgan fingerprint density at radius 3 is 2.74 bits per heavy atom. The third kappa shape index (κ3) is 3.45. The van der Waals surface area contributed by atoms with E-state index >= 15 is 0 Å². The lowest BCUT2D eigenvalue weighted by Gasteiger charge is -2.19. The molecule has 0 saturated carbocycles. The Labute approximate surface area is 159 Å². The van der Waals surface area contributed by atoms with Crippen molar-refractivity contribution in [3.8, 4) is 17.0 Å². The number of fused-ring (bicyclic) bond motifs is 3. The van der Waals surface area contributed by atoms with Crippen LogP contribution in [0.3, 0.4) is 0 Å². The summed E-state index contributed by atoms with van der Waals surface area (Å²) in [6.07, 6.45) is 1.81. The molecule has 5 heteroatoms. The molecule has 27 heavy (non-hydrogen) atoms. The van der Waals surface area contributed by atoms with Gasteiger partial charge in [-0.25, -0.2) is 0 Å². The Morgan fingerprint density at radius 1 is 1.19 bits per heavy atom. The predicted octanol–water partition coefficient (Wildman–Crippen LogP) is 3.73. The number of aryl methyl sites for hydroxylation is 2. The Bertz CT molecular complexity index is 963. The zero-order chi connectivity index (χ0) is 18.8. The van der Waals surface area contributed by atoms with E-state index in [9.17, 15) is 4.79 Å². The lowest BCUT2D eigenvalue weighted by molar-refractivity contribution is 0.0930. The Morgan fingerprint density at radius 2 is 1.93 bits per heavy atom. The van der Waals surface area contributed by atoms with Gasteiger partial charge in [0.2, 0.25) is 0 Å². The topological polar surface area (TPSA) is 56.2 Å². The van der Waals surface area contributed by atoms with Gasteiger partial charge in [-0.15, -0.1) is 0 Å². The van der Waals surface area contributed by atoms with Crippen molar-refractivity contribution >= 4 is 5.91 Å². The summed E-state index contributed by atoms with van der Waals surface area (Å²) in [5.74, 6) is 0.687. The third-order valence-electron chi connectivity index (χ3n) is 4.96. The van der Waals surface area contributed by atoms with Gasteiger partial charge in [0.15, 0.2) is 5.69 Å². The highest BCUT2D eigenvalue weighted by atomic mass is 16.5. The molecule has 0 bridgehead atoms. The number of aromatic nitrogens is 2. The van der Waals surface area contributed by atoms with Crippen molar-refractivity contribution in [3.63, 3.8) is 0 Å². The molecule has 2 aromatic carbocycles. The largest absolute Gasteiger partial charge is 0.488 e. The molecule has 4 rings (SSSR count). The van der Waals surface area contributed by atoms with E-state index in [2.05, 4.69) is 22.5 Å². The summed E-state index contributed by atoms with van der Waals surface area (Å²) in [7, 11) is 1.87. The smallest absolute Gasteiger partial charge is 0.272 e. The minimum absolute atomic E-state index is 0.0622. The summed E-state index contributed by atoms with van der Waals surface area (Å²) < 4.78 is 7.61. The quantitative estimate of drug-likeness (QED) is 0.753. The van der Waals surface area contributed by atoms with E-state index in [1.54, 1.807) is 4.68 Å². The second-order valence-corrected chi connectivity index (χ2v) is 6.98. The SMILES string of the molecule is C[C@H](CCc1ccccc1)NC(=O)c1nn(C)c2c1COc1ccccc1-2. The highest BCUT2D eigenvalue weighted by molar-refractivity contribution is 5.96. The summed E-state index contributed by atoms with van der Waals surface area (Å²) >= 11 is 0. The molecule has 2 heterocycles. The summed E-state index contributed by atoms with van der Waals surface area (Å²) in [6, 6.07) is 18.2. The first-order valence-corrected chi connectivity index (χ1v) is 9.26. The number of amides is 1. The van der Waals surface area contributed by atoms with E-state index in [1.165, 1.54) is 5.56 Å². The fraction of sp³-hybridized carbons (Fsp3) is 0.273. The van der Waals surface area contributed by atoms with Gasteiger partial charge in [-0.05, 0) is 37.5 Å². The van der Waals surface area contributed by atoms with Crippen molar-refractivity contribution in [3.05, 3.63) is 71.4 Å². The van der Waals surface area contributed by atoms with Gasteiger partial charge in [0.05, 0.1) is 5.69 Å². The normalized spacial score (nSPS) is 13.3. The van der Waals surface area contributed by atoms with Gasteiger partial charge in [-0.3, -0.25) is 9.48 Å². The Balaban J connectivity index is 1.49. The number of hydrogen-bond acceptors (Lipinski definition) is 3. The fourth-order valence-corrected chi connectivity index (χ4v) is 3.55. The number of para-hydroxylation sites is 1. The number of benzene rings is 2. The summed E-state index contributed by atoms with van der Waals surface area (Å²) in [5.41, 5.74) is 4.51. The van der Waals surface area contributed by atoms with E-state index < -0.39 is 0 Å². The predicted molar refractivity (Wildman–Crippen MR) is 105 cm³/mol. The lowest BCUT2D eigenvalue weighted by Crippen LogP contribution is -2.34. The molecule has 1 amide bonds. The van der Waals surface area contributed by atoms with Crippen LogP contribution in [0.25, 0.3) is 11.3 Å². The first-order chi connectivity index (χ1) is 13.1. The molecule has 1 aromatic heterocycles. The molecular weight excluding hydrogens is 338 g/mol. The second kappa shape index (κ2) is 7.27. The fourth-order valence-electron chi connectivity index (χ4n) is 3.55. The number of rotatable bonds is 5. The van der Waals surface area contributed by atoms with Gasteiger partial charge >= 0.3 is 0 Å². The van der Waals surface area contributed by atoms with E-state index in [4.69, 9.17) is 4.74 Å². The Hall–Kier alpha value is -3.08. The first kappa shape index (κ1) is 17.3. The van der Waals surface area contributed by atoms with Gasteiger partial charge in [0.1, 0.15) is 12.4 Å². The summed E-state index contributed by atoms with van der Waals surface area (Å²) in [4.78, 5) is 12.8. The number of carbonyl (C=O) groups excluding carboxylic acids is 1. The van der Waals surface area contributed by atoms with Crippen LogP contribution in [-0.2, 0) is 20.1 Å². The van der Waals surface area contributed by atoms with Crippen molar-refractivity contribution in [1.29, 1.82) is 0 Å². The average molecular weight is 361 g/mol. The van der Waals surface area contributed by atoms with Crippen molar-refractivity contribution in [1.82, 2.24) is 15.1 Å². The molecule has 0 unspecified atom stereocenters. The molecule has 1 aliphatic rings. The molecule has 5 nitrogen and oxygen atoms in total. The van der Waals surface area contributed by atoms with Crippen LogP contribution >= 0.6 is 0 Å². The van der Waals surface area contributed by atoms with E-state index in [0.717, 1.165) is 35.4 Å². The number of nitrogens with zero attached hydrogens (tertiary/aromatic N) is 2. The maximum atomic E-state index is 12.8. The standard InChI is InChI=1S/C22H23N3O2/c1-15(12-13-16-8-4-3-5-9-16)23-22(26)20-18-14-27-19-11-7-6-10-17(19)21(18)25(2)24-20/h3-11,15H,12-14H2,1-2H3,(H,23,26)/t15-/m1/s1. The molecule has 1 atom stereocenters. The van der Waals surface area contributed by atoms with Gasteiger partial charge in [0, 0.05) is 24.2 Å². The molecule has 138 valence electrons. The molecule has 0 fully saturated rings. The van der Waals surface area contributed by atoms with Gasteiger partial charge in [-0.1, -0.05) is 42.5 Å². The van der Waals surface area contributed by atoms with Gasteiger partial charge in [-0.2, -0.15) is 5.10 Å². The lowest BCUT2D eigenvalue weighted by atomic mass is 10.0. The Kier molecular flexibility index (Phi) is 4.67. The van der Waals surface area contributed by atoms with E-state index in [1.807, 2.05) is 56.4 Å². The highest BCUT2D eigenvalue weighted by Crippen LogP contribution is 2.38. The molecule has 1 N–H and O–H groups in total. The zero-order valence-corrected chi connectivity index (χ0v) is 15.6. The highest BCUT2D eigenvalue weighted by Gasteiger charge is 2.28. The van der Waals surface area contributed by atoms with Crippen molar-refractivity contribution < 1.29 is 9.53 Å². The number of hydrogen-bond donors (Lipinski definition) is 1. The third-order valence-corrected chi connectivity index (χ3v) is 4.96. The van der Waals surface area contributed by atoms with Crippen LogP contribution in [0.2, 0.25) is 0 Å².